The van der Waals surface area contributed by atoms with Crippen LogP contribution in [0.1, 0.15) is 5.56 Å². The number of alkyl halides is 3. The van der Waals surface area contributed by atoms with E-state index in [-0.39, 0.29) is 5.69 Å². The van der Waals surface area contributed by atoms with Crippen LogP contribution in [0.2, 0.25) is 0 Å². The Hall–Kier alpha value is -3.29. The predicted octanol–water partition coefficient (Wildman–Crippen LogP) is 4.54. The molecule has 0 saturated heterocycles. The zero-order valence-electron chi connectivity index (χ0n) is 12.8. The Balaban J connectivity index is 1.61. The lowest BCUT2D eigenvalue weighted by Gasteiger charge is -2.10. The fourth-order valence-electron chi connectivity index (χ4n) is 2.16. The van der Waals surface area contributed by atoms with Crippen molar-refractivity contribution in [3.63, 3.8) is 0 Å². The normalized spacial score (nSPS) is 11.2. The number of rotatable bonds is 3. The van der Waals surface area contributed by atoms with Crippen molar-refractivity contribution in [2.45, 2.75) is 6.18 Å². The highest BCUT2D eigenvalue weighted by atomic mass is 19.4. The first kappa shape index (κ1) is 16.6. The number of hydrogen-bond acceptors (Lipinski definition) is 2. The molecule has 0 aliphatic carbocycles. The molecule has 8 heteroatoms. The van der Waals surface area contributed by atoms with Gasteiger partial charge in [-0.05, 0) is 48.5 Å². The van der Waals surface area contributed by atoms with Crippen LogP contribution in [0.5, 0.6) is 0 Å². The Morgan fingerprint density at radius 1 is 0.920 bits per heavy atom. The van der Waals surface area contributed by atoms with Crippen molar-refractivity contribution in [1.29, 1.82) is 0 Å². The third kappa shape index (κ3) is 4.17. The van der Waals surface area contributed by atoms with Gasteiger partial charge >= 0.3 is 12.2 Å². The molecule has 0 aliphatic rings. The molecule has 1 aromatic heterocycles. The van der Waals surface area contributed by atoms with Crippen LogP contribution >= 0.6 is 0 Å². The van der Waals surface area contributed by atoms with Crippen LogP contribution < -0.4 is 10.6 Å². The van der Waals surface area contributed by atoms with E-state index in [4.69, 9.17) is 0 Å². The molecule has 0 radical (unpaired) electrons. The van der Waals surface area contributed by atoms with Gasteiger partial charge in [-0.25, -0.2) is 9.78 Å². The van der Waals surface area contributed by atoms with Crippen molar-refractivity contribution >= 4 is 17.4 Å². The number of nitrogens with one attached hydrogen (secondary N) is 2. The average Bonchev–Trinajstić information content (AvgIpc) is 3.09. The van der Waals surface area contributed by atoms with Crippen LogP contribution in [0.15, 0.2) is 67.3 Å². The summed E-state index contributed by atoms with van der Waals surface area (Å²) in [4.78, 5) is 15.9. The van der Waals surface area contributed by atoms with E-state index in [1.807, 2.05) is 4.57 Å². The SMILES string of the molecule is O=C(Nc1ccc(-n2ccnc2)cc1)Nc1ccc(C(F)(F)F)cc1. The molecule has 2 aromatic carbocycles. The zero-order valence-corrected chi connectivity index (χ0v) is 12.8. The van der Waals surface area contributed by atoms with Gasteiger partial charge in [0, 0.05) is 29.5 Å². The molecule has 5 nitrogen and oxygen atoms in total. The molecular formula is C17H13F3N4O. The molecule has 2 amide bonds. The number of anilines is 2. The van der Waals surface area contributed by atoms with E-state index in [2.05, 4.69) is 15.6 Å². The van der Waals surface area contributed by atoms with Crippen LogP contribution in [0.4, 0.5) is 29.3 Å². The lowest BCUT2D eigenvalue weighted by molar-refractivity contribution is -0.137. The molecule has 0 bridgehead atoms. The van der Waals surface area contributed by atoms with E-state index in [0.29, 0.717) is 5.69 Å². The molecule has 3 rings (SSSR count). The summed E-state index contributed by atoms with van der Waals surface area (Å²) in [6.07, 6.45) is 0.695. The molecular weight excluding hydrogens is 333 g/mol. The van der Waals surface area contributed by atoms with E-state index in [0.717, 1.165) is 17.8 Å². The Morgan fingerprint density at radius 3 is 1.96 bits per heavy atom. The first-order valence-electron chi connectivity index (χ1n) is 7.25. The summed E-state index contributed by atoms with van der Waals surface area (Å²) in [6, 6.07) is 10.7. The molecule has 2 N–H and O–H groups in total. The van der Waals surface area contributed by atoms with Crippen molar-refractivity contribution in [2.75, 3.05) is 10.6 Å². The number of aromatic nitrogens is 2. The van der Waals surface area contributed by atoms with Gasteiger partial charge in [0.15, 0.2) is 0 Å². The second-order valence-corrected chi connectivity index (χ2v) is 5.17. The van der Waals surface area contributed by atoms with Gasteiger partial charge in [-0.15, -0.1) is 0 Å². The number of imidazole rings is 1. The van der Waals surface area contributed by atoms with Crippen molar-refractivity contribution in [3.8, 4) is 5.69 Å². The van der Waals surface area contributed by atoms with Gasteiger partial charge < -0.3 is 15.2 Å². The van der Waals surface area contributed by atoms with E-state index >= 15 is 0 Å². The van der Waals surface area contributed by atoms with Crippen molar-refractivity contribution < 1.29 is 18.0 Å². The van der Waals surface area contributed by atoms with Crippen LogP contribution in [-0.4, -0.2) is 15.6 Å². The maximum atomic E-state index is 12.5. The fourth-order valence-corrected chi connectivity index (χ4v) is 2.16. The topological polar surface area (TPSA) is 59.0 Å². The summed E-state index contributed by atoms with van der Waals surface area (Å²) in [6.45, 7) is 0. The van der Waals surface area contributed by atoms with Crippen molar-refractivity contribution in [2.24, 2.45) is 0 Å². The summed E-state index contributed by atoms with van der Waals surface area (Å²) < 4.78 is 39.3. The highest BCUT2D eigenvalue weighted by molar-refractivity contribution is 5.99. The number of carbonyl (C=O) groups excluding carboxylic acids is 1. The molecule has 0 aliphatic heterocycles. The second kappa shape index (κ2) is 6.68. The van der Waals surface area contributed by atoms with Gasteiger partial charge in [0.2, 0.25) is 0 Å². The third-order valence-electron chi connectivity index (χ3n) is 3.40. The van der Waals surface area contributed by atoms with E-state index in [1.165, 1.54) is 12.1 Å². The molecule has 3 aromatic rings. The Labute approximate surface area is 141 Å². The monoisotopic (exact) mass is 346 g/mol. The summed E-state index contributed by atoms with van der Waals surface area (Å²) >= 11 is 0. The Morgan fingerprint density at radius 2 is 1.48 bits per heavy atom. The van der Waals surface area contributed by atoms with Gasteiger partial charge in [-0.1, -0.05) is 0 Å². The Kier molecular flexibility index (Phi) is 4.42. The number of benzene rings is 2. The van der Waals surface area contributed by atoms with E-state index in [1.54, 1.807) is 43.0 Å². The average molecular weight is 346 g/mol. The fraction of sp³-hybridized carbons (Fsp3) is 0.0588. The van der Waals surface area contributed by atoms with E-state index in [9.17, 15) is 18.0 Å². The van der Waals surface area contributed by atoms with Gasteiger partial charge in [0.05, 0.1) is 11.9 Å². The largest absolute Gasteiger partial charge is 0.416 e. The van der Waals surface area contributed by atoms with Gasteiger partial charge in [0.1, 0.15) is 0 Å². The van der Waals surface area contributed by atoms with Crippen LogP contribution in [-0.2, 0) is 6.18 Å². The maximum absolute atomic E-state index is 12.5. The molecule has 0 saturated carbocycles. The molecule has 128 valence electrons. The number of amides is 2. The molecule has 0 fully saturated rings. The third-order valence-corrected chi connectivity index (χ3v) is 3.40. The summed E-state index contributed by atoms with van der Waals surface area (Å²) in [7, 11) is 0. The predicted molar refractivity (Wildman–Crippen MR) is 87.6 cm³/mol. The first-order chi connectivity index (χ1) is 11.9. The minimum Gasteiger partial charge on any atom is -0.308 e. The molecule has 25 heavy (non-hydrogen) atoms. The highest BCUT2D eigenvalue weighted by Crippen LogP contribution is 2.29. The molecule has 1 heterocycles. The standard InChI is InChI=1S/C17H13F3N4O/c18-17(19,20)12-1-3-13(4-2-12)22-16(25)23-14-5-7-15(8-6-14)24-10-9-21-11-24/h1-11H,(H2,22,23,25). The van der Waals surface area contributed by atoms with Gasteiger partial charge in [-0.2, -0.15) is 13.2 Å². The smallest absolute Gasteiger partial charge is 0.308 e. The lowest BCUT2D eigenvalue weighted by atomic mass is 10.2. The van der Waals surface area contributed by atoms with Gasteiger partial charge in [0.25, 0.3) is 0 Å². The van der Waals surface area contributed by atoms with Crippen molar-refractivity contribution in [1.82, 2.24) is 9.55 Å². The van der Waals surface area contributed by atoms with Crippen molar-refractivity contribution in [3.05, 3.63) is 72.8 Å². The molecule has 0 spiro atoms. The van der Waals surface area contributed by atoms with Gasteiger partial charge in [-0.3, -0.25) is 0 Å². The Bertz CT molecular complexity index is 841. The van der Waals surface area contributed by atoms with Crippen LogP contribution in [0, 0.1) is 0 Å². The minimum atomic E-state index is -4.40. The van der Waals surface area contributed by atoms with Crippen LogP contribution in [0.25, 0.3) is 5.69 Å². The number of carbonyl (C=O) groups is 1. The zero-order chi connectivity index (χ0) is 17.9. The maximum Gasteiger partial charge on any atom is 0.416 e. The summed E-state index contributed by atoms with van der Waals surface area (Å²) in [5, 5.41) is 5.09. The molecule has 0 atom stereocenters. The second-order valence-electron chi connectivity index (χ2n) is 5.17. The summed E-state index contributed by atoms with van der Waals surface area (Å²) in [5.74, 6) is 0. The quantitative estimate of drug-likeness (QED) is 0.732. The number of urea groups is 1. The summed E-state index contributed by atoms with van der Waals surface area (Å²) in [5.41, 5.74) is 0.925. The number of hydrogen-bond donors (Lipinski definition) is 2. The van der Waals surface area contributed by atoms with E-state index < -0.39 is 17.8 Å². The highest BCUT2D eigenvalue weighted by Gasteiger charge is 2.29. The number of halogens is 3. The van der Waals surface area contributed by atoms with Crippen LogP contribution in [0.3, 0.4) is 0 Å². The lowest BCUT2D eigenvalue weighted by Crippen LogP contribution is -2.19. The number of nitrogens with zero attached hydrogens (tertiary/aromatic N) is 2. The molecule has 0 unspecified atom stereocenters. The first-order valence-corrected chi connectivity index (χ1v) is 7.25. The minimum absolute atomic E-state index is 0.264.